The normalized spacial score (nSPS) is 19.8. The highest BCUT2D eigenvalue weighted by molar-refractivity contribution is 7.87. The second-order valence-corrected chi connectivity index (χ2v) is 6.75. The smallest absolute Gasteiger partial charge is 0.308 e. The molecule has 8 heteroatoms. The van der Waals surface area contributed by atoms with Gasteiger partial charge in [0, 0.05) is 19.6 Å². The fourth-order valence-electron chi connectivity index (χ4n) is 2.23. The Bertz CT molecular complexity index is 404. The number of carbonyl (C=O) groups excluding carboxylic acids is 1. The molecule has 1 unspecified atom stereocenters. The van der Waals surface area contributed by atoms with E-state index < -0.39 is 16.3 Å². The Labute approximate surface area is 120 Å². The van der Waals surface area contributed by atoms with Crippen LogP contribution in [0.5, 0.6) is 0 Å². The largest absolute Gasteiger partial charge is 0.469 e. The maximum atomic E-state index is 12.0. The number of rotatable bonds is 7. The summed E-state index contributed by atoms with van der Waals surface area (Å²) >= 11 is 0. The lowest BCUT2D eigenvalue weighted by Crippen LogP contribution is -2.47. The standard InChI is InChI=1S/C12H24N2O5S/c1-3-4-11(15)9-13-20(17,18)14-7-5-10(6-8-14)12(16)19-2/h10-11,13,15H,3-9H2,1-2H3. The Balaban J connectivity index is 2.44. The van der Waals surface area contributed by atoms with Crippen LogP contribution in [0.2, 0.25) is 0 Å². The van der Waals surface area contributed by atoms with Gasteiger partial charge in [-0.1, -0.05) is 13.3 Å². The third-order valence-corrected chi connectivity index (χ3v) is 5.03. The van der Waals surface area contributed by atoms with Crippen molar-refractivity contribution in [3.05, 3.63) is 0 Å². The first-order chi connectivity index (χ1) is 9.40. The number of aliphatic hydroxyl groups excluding tert-OH is 1. The van der Waals surface area contributed by atoms with E-state index in [4.69, 9.17) is 0 Å². The van der Waals surface area contributed by atoms with E-state index in [0.29, 0.717) is 32.4 Å². The first-order valence-electron chi connectivity index (χ1n) is 6.91. The van der Waals surface area contributed by atoms with Gasteiger partial charge in [-0.3, -0.25) is 4.79 Å². The zero-order valence-corrected chi connectivity index (χ0v) is 12.9. The minimum absolute atomic E-state index is 0.0209. The fourth-order valence-corrected chi connectivity index (χ4v) is 3.50. The average molecular weight is 308 g/mol. The van der Waals surface area contributed by atoms with Crippen molar-refractivity contribution in [2.45, 2.75) is 38.7 Å². The molecule has 0 aliphatic carbocycles. The number of carbonyl (C=O) groups is 1. The van der Waals surface area contributed by atoms with Gasteiger partial charge in [0.15, 0.2) is 0 Å². The van der Waals surface area contributed by atoms with Gasteiger partial charge in [0.25, 0.3) is 10.2 Å². The van der Waals surface area contributed by atoms with Crippen LogP contribution < -0.4 is 4.72 Å². The van der Waals surface area contributed by atoms with E-state index in [1.807, 2.05) is 6.92 Å². The maximum absolute atomic E-state index is 12.0. The lowest BCUT2D eigenvalue weighted by molar-refractivity contribution is -0.146. The van der Waals surface area contributed by atoms with Crippen LogP contribution in [0, 0.1) is 5.92 Å². The number of hydrogen-bond acceptors (Lipinski definition) is 5. The minimum atomic E-state index is -3.58. The summed E-state index contributed by atoms with van der Waals surface area (Å²) in [6.07, 6.45) is 1.62. The Morgan fingerprint density at radius 1 is 1.45 bits per heavy atom. The van der Waals surface area contributed by atoms with Crippen LogP contribution in [0.15, 0.2) is 0 Å². The third-order valence-electron chi connectivity index (χ3n) is 3.45. The van der Waals surface area contributed by atoms with Gasteiger partial charge in [-0.05, 0) is 19.3 Å². The van der Waals surface area contributed by atoms with Crippen molar-refractivity contribution in [2.24, 2.45) is 5.92 Å². The lowest BCUT2D eigenvalue weighted by Gasteiger charge is -2.30. The number of aliphatic hydroxyl groups is 1. The molecule has 0 saturated carbocycles. The molecule has 0 spiro atoms. The highest BCUT2D eigenvalue weighted by atomic mass is 32.2. The van der Waals surface area contributed by atoms with Crippen molar-refractivity contribution in [1.29, 1.82) is 0 Å². The van der Waals surface area contributed by atoms with Gasteiger partial charge in [-0.25, -0.2) is 0 Å². The monoisotopic (exact) mass is 308 g/mol. The first kappa shape index (κ1) is 17.4. The number of piperidine rings is 1. The summed E-state index contributed by atoms with van der Waals surface area (Å²) in [5.74, 6) is -0.509. The van der Waals surface area contributed by atoms with Gasteiger partial charge in [0.2, 0.25) is 0 Å². The molecule has 0 amide bonds. The molecule has 1 saturated heterocycles. The van der Waals surface area contributed by atoms with Gasteiger partial charge in [-0.15, -0.1) is 0 Å². The van der Waals surface area contributed by atoms with E-state index in [0.717, 1.165) is 6.42 Å². The van der Waals surface area contributed by atoms with Gasteiger partial charge < -0.3 is 9.84 Å². The minimum Gasteiger partial charge on any atom is -0.469 e. The first-order valence-corrected chi connectivity index (χ1v) is 8.35. The molecule has 0 aromatic carbocycles. The third kappa shape index (κ3) is 5.01. The van der Waals surface area contributed by atoms with Crippen molar-refractivity contribution in [3.63, 3.8) is 0 Å². The van der Waals surface area contributed by atoms with E-state index >= 15 is 0 Å². The van der Waals surface area contributed by atoms with Gasteiger partial charge in [0.1, 0.15) is 0 Å². The molecule has 2 N–H and O–H groups in total. The second-order valence-electron chi connectivity index (χ2n) is 4.99. The van der Waals surface area contributed by atoms with E-state index in [1.54, 1.807) is 0 Å². The van der Waals surface area contributed by atoms with Crippen molar-refractivity contribution in [3.8, 4) is 0 Å². The number of nitrogens with zero attached hydrogens (tertiary/aromatic N) is 1. The zero-order chi connectivity index (χ0) is 15.2. The molecule has 118 valence electrons. The summed E-state index contributed by atoms with van der Waals surface area (Å²) < 4.78 is 32.4. The molecular formula is C12H24N2O5S. The van der Waals surface area contributed by atoms with Crippen LogP contribution in [0.3, 0.4) is 0 Å². The summed E-state index contributed by atoms with van der Waals surface area (Å²) in [6, 6.07) is 0. The Kier molecular flexibility index (Phi) is 6.87. The van der Waals surface area contributed by atoms with Crippen LogP contribution in [-0.4, -0.2) is 56.6 Å². The SMILES string of the molecule is CCCC(O)CNS(=O)(=O)N1CCC(C(=O)OC)CC1. The molecule has 1 rings (SSSR count). The zero-order valence-electron chi connectivity index (χ0n) is 12.0. The van der Waals surface area contributed by atoms with Crippen LogP contribution in [0.4, 0.5) is 0 Å². The number of nitrogens with one attached hydrogen (secondary N) is 1. The summed E-state index contributed by atoms with van der Waals surface area (Å²) in [6.45, 7) is 2.53. The summed E-state index contributed by atoms with van der Waals surface area (Å²) in [5.41, 5.74) is 0. The summed E-state index contributed by atoms with van der Waals surface area (Å²) in [5, 5.41) is 9.55. The fraction of sp³-hybridized carbons (Fsp3) is 0.917. The molecule has 1 aliphatic heterocycles. The highest BCUT2D eigenvalue weighted by Crippen LogP contribution is 2.20. The summed E-state index contributed by atoms with van der Waals surface area (Å²) in [7, 11) is -2.25. The van der Waals surface area contributed by atoms with Crippen molar-refractivity contribution >= 4 is 16.2 Å². The van der Waals surface area contributed by atoms with Crippen LogP contribution in [-0.2, 0) is 19.7 Å². The number of ether oxygens (including phenoxy) is 1. The Morgan fingerprint density at radius 3 is 2.55 bits per heavy atom. The molecule has 0 radical (unpaired) electrons. The predicted molar refractivity (Wildman–Crippen MR) is 74.2 cm³/mol. The molecule has 20 heavy (non-hydrogen) atoms. The van der Waals surface area contributed by atoms with Crippen LogP contribution >= 0.6 is 0 Å². The Hall–Kier alpha value is -0.700. The van der Waals surface area contributed by atoms with Crippen molar-refractivity contribution < 1.29 is 23.1 Å². The van der Waals surface area contributed by atoms with E-state index in [9.17, 15) is 18.3 Å². The number of methoxy groups -OCH3 is 1. The van der Waals surface area contributed by atoms with Crippen molar-refractivity contribution in [2.75, 3.05) is 26.7 Å². The number of hydrogen-bond donors (Lipinski definition) is 2. The van der Waals surface area contributed by atoms with E-state index in [2.05, 4.69) is 9.46 Å². The quantitative estimate of drug-likeness (QED) is 0.639. The van der Waals surface area contributed by atoms with Crippen molar-refractivity contribution in [1.82, 2.24) is 9.03 Å². The van der Waals surface area contributed by atoms with E-state index in [1.165, 1.54) is 11.4 Å². The molecule has 1 heterocycles. The maximum Gasteiger partial charge on any atom is 0.308 e. The Morgan fingerprint density at radius 2 is 2.05 bits per heavy atom. The van der Waals surface area contributed by atoms with E-state index in [-0.39, 0.29) is 18.4 Å². The van der Waals surface area contributed by atoms with Gasteiger partial charge in [-0.2, -0.15) is 17.4 Å². The summed E-state index contributed by atoms with van der Waals surface area (Å²) in [4.78, 5) is 11.4. The molecule has 1 atom stereocenters. The van der Waals surface area contributed by atoms with Crippen LogP contribution in [0.25, 0.3) is 0 Å². The predicted octanol–water partition coefficient (Wildman–Crippen LogP) is -0.133. The van der Waals surface area contributed by atoms with Gasteiger partial charge >= 0.3 is 5.97 Å². The molecule has 1 fully saturated rings. The van der Waals surface area contributed by atoms with Gasteiger partial charge in [0.05, 0.1) is 19.1 Å². The average Bonchev–Trinajstić information content (AvgIpc) is 2.45. The molecule has 0 aromatic rings. The topological polar surface area (TPSA) is 95.9 Å². The van der Waals surface area contributed by atoms with Crippen LogP contribution in [0.1, 0.15) is 32.6 Å². The number of esters is 1. The second kappa shape index (κ2) is 7.92. The lowest BCUT2D eigenvalue weighted by atomic mass is 9.99. The molecular weight excluding hydrogens is 284 g/mol. The highest BCUT2D eigenvalue weighted by Gasteiger charge is 2.31. The molecule has 0 bridgehead atoms. The molecule has 0 aromatic heterocycles. The molecule has 7 nitrogen and oxygen atoms in total. The molecule has 1 aliphatic rings.